The number of hydrogen-bond donors (Lipinski definition) is 4. The molecule has 0 fully saturated rings. The van der Waals surface area contributed by atoms with Gasteiger partial charge in [-0.25, -0.2) is 4.98 Å². The Hall–Kier alpha value is -3.64. The molecule has 4 N–H and O–H groups in total. The number of rotatable bonds is 9. The fourth-order valence-corrected chi connectivity index (χ4v) is 4.55. The first kappa shape index (κ1) is 27.4. The first-order valence-corrected chi connectivity index (χ1v) is 12.2. The standard InChI is InChI=1S/C25H25ClF3N5O4/c26-19-6-4-15(10-18(19)25(27,28)29)20(11-22(36)37)33-24(38)17-12-31-34(21(17)13-35)9-7-16-5-3-14-2-1-8-30-23(14)32-16/h3-6,10,12,20,35H,1-2,7-9,11,13H2,(H,30,32)(H,33,38)(H,36,37). The van der Waals surface area contributed by atoms with Gasteiger partial charge in [0, 0.05) is 25.2 Å². The molecule has 38 heavy (non-hydrogen) atoms. The number of halogens is 4. The van der Waals surface area contributed by atoms with Gasteiger partial charge in [-0.15, -0.1) is 0 Å². The highest BCUT2D eigenvalue weighted by Gasteiger charge is 2.34. The zero-order chi connectivity index (χ0) is 27.4. The Morgan fingerprint density at radius 2 is 2.03 bits per heavy atom. The van der Waals surface area contributed by atoms with Gasteiger partial charge < -0.3 is 20.8 Å². The number of amides is 1. The molecular weight excluding hydrogens is 527 g/mol. The van der Waals surface area contributed by atoms with E-state index in [4.69, 9.17) is 11.6 Å². The average Bonchev–Trinajstić information content (AvgIpc) is 3.29. The summed E-state index contributed by atoms with van der Waals surface area (Å²) in [6.07, 6.45) is -1.75. The lowest BCUT2D eigenvalue weighted by Crippen LogP contribution is -2.31. The van der Waals surface area contributed by atoms with Crippen LogP contribution in [0.5, 0.6) is 0 Å². The maximum absolute atomic E-state index is 13.3. The lowest BCUT2D eigenvalue weighted by molar-refractivity contribution is -0.138. The summed E-state index contributed by atoms with van der Waals surface area (Å²) in [7, 11) is 0. The van der Waals surface area contributed by atoms with E-state index >= 15 is 0 Å². The van der Waals surface area contributed by atoms with Gasteiger partial charge in [0.1, 0.15) is 5.82 Å². The first-order chi connectivity index (χ1) is 18.1. The fraction of sp³-hybridized carbons (Fsp3) is 0.360. The monoisotopic (exact) mass is 551 g/mol. The second-order valence-electron chi connectivity index (χ2n) is 8.84. The number of carbonyl (C=O) groups is 2. The highest BCUT2D eigenvalue weighted by Crippen LogP contribution is 2.36. The summed E-state index contributed by atoms with van der Waals surface area (Å²) < 4.78 is 41.4. The van der Waals surface area contributed by atoms with Crippen LogP contribution >= 0.6 is 11.6 Å². The molecule has 1 aromatic carbocycles. The summed E-state index contributed by atoms with van der Waals surface area (Å²) in [5, 5.41) is 28.6. The molecule has 0 spiro atoms. The zero-order valence-corrected chi connectivity index (χ0v) is 20.8. The minimum atomic E-state index is -4.76. The summed E-state index contributed by atoms with van der Waals surface area (Å²) in [6.45, 7) is 0.622. The number of aliphatic carboxylic acids is 1. The van der Waals surface area contributed by atoms with E-state index in [1.54, 1.807) is 0 Å². The number of aliphatic hydroxyl groups excluding tert-OH is 1. The number of benzene rings is 1. The van der Waals surface area contributed by atoms with Crippen LogP contribution in [0.25, 0.3) is 0 Å². The number of alkyl halides is 3. The normalized spacial score (nSPS) is 13.9. The third kappa shape index (κ3) is 6.25. The molecule has 4 rings (SSSR count). The number of nitrogens with zero attached hydrogens (tertiary/aromatic N) is 3. The van der Waals surface area contributed by atoms with Crippen molar-refractivity contribution in [2.24, 2.45) is 0 Å². The number of carboxylic acids is 1. The quantitative estimate of drug-likeness (QED) is 0.316. The van der Waals surface area contributed by atoms with Crippen LogP contribution in [0.1, 0.15) is 57.3 Å². The maximum Gasteiger partial charge on any atom is 0.417 e. The fourth-order valence-electron chi connectivity index (χ4n) is 4.33. The molecule has 9 nitrogen and oxygen atoms in total. The number of aliphatic hydroxyl groups is 1. The molecule has 2 aromatic heterocycles. The predicted octanol–water partition coefficient (Wildman–Crippen LogP) is 3.99. The molecular formula is C25H25ClF3N5O4. The van der Waals surface area contributed by atoms with Crippen LogP contribution in [0.2, 0.25) is 5.02 Å². The SMILES string of the molecule is O=C(O)CC(NC(=O)c1cnn(CCc2ccc3c(n2)NCCC3)c1CO)c1ccc(Cl)c(C(F)(F)F)c1. The lowest BCUT2D eigenvalue weighted by Gasteiger charge is -2.19. The average molecular weight is 552 g/mol. The summed E-state index contributed by atoms with van der Waals surface area (Å²) in [5.41, 5.74) is 0.882. The van der Waals surface area contributed by atoms with Crippen molar-refractivity contribution in [1.82, 2.24) is 20.1 Å². The number of fused-ring (bicyclic) bond motifs is 1. The van der Waals surface area contributed by atoms with Crippen LogP contribution in [0, 0.1) is 0 Å². The molecule has 0 aliphatic carbocycles. The third-order valence-electron chi connectivity index (χ3n) is 6.26. The molecule has 0 saturated carbocycles. The number of anilines is 1. The van der Waals surface area contributed by atoms with Crippen molar-refractivity contribution >= 4 is 29.3 Å². The van der Waals surface area contributed by atoms with Gasteiger partial charge in [0.05, 0.1) is 47.1 Å². The molecule has 1 atom stereocenters. The van der Waals surface area contributed by atoms with E-state index in [0.717, 1.165) is 42.5 Å². The van der Waals surface area contributed by atoms with Crippen molar-refractivity contribution in [2.75, 3.05) is 11.9 Å². The van der Waals surface area contributed by atoms with Gasteiger partial charge in [-0.2, -0.15) is 18.3 Å². The van der Waals surface area contributed by atoms with Gasteiger partial charge in [-0.1, -0.05) is 23.7 Å². The van der Waals surface area contributed by atoms with E-state index in [-0.39, 0.29) is 16.8 Å². The van der Waals surface area contributed by atoms with E-state index in [1.165, 1.54) is 16.9 Å². The summed E-state index contributed by atoms with van der Waals surface area (Å²) in [5.74, 6) is -1.27. The Morgan fingerprint density at radius 3 is 2.74 bits per heavy atom. The molecule has 0 bridgehead atoms. The van der Waals surface area contributed by atoms with Crippen molar-refractivity contribution in [2.45, 2.75) is 51.1 Å². The Labute approximate surface area is 220 Å². The third-order valence-corrected chi connectivity index (χ3v) is 6.59. The van der Waals surface area contributed by atoms with Gasteiger partial charge in [0.15, 0.2) is 0 Å². The minimum Gasteiger partial charge on any atom is -0.481 e. The number of aryl methyl sites for hydroxylation is 3. The van der Waals surface area contributed by atoms with E-state index < -0.39 is 47.7 Å². The number of carboxylic acid groups (broad SMARTS) is 1. The largest absolute Gasteiger partial charge is 0.481 e. The van der Waals surface area contributed by atoms with Crippen molar-refractivity contribution in [3.63, 3.8) is 0 Å². The second-order valence-corrected chi connectivity index (χ2v) is 9.24. The molecule has 202 valence electrons. The van der Waals surface area contributed by atoms with Crippen molar-refractivity contribution in [3.05, 3.63) is 75.2 Å². The number of pyridine rings is 1. The van der Waals surface area contributed by atoms with Gasteiger partial charge >= 0.3 is 12.1 Å². The summed E-state index contributed by atoms with van der Waals surface area (Å²) >= 11 is 5.67. The van der Waals surface area contributed by atoms with E-state index in [2.05, 4.69) is 20.7 Å². The van der Waals surface area contributed by atoms with E-state index in [0.29, 0.717) is 19.0 Å². The van der Waals surface area contributed by atoms with Gasteiger partial charge in [-0.05, 0) is 42.2 Å². The number of carbonyl (C=O) groups excluding carboxylic acids is 1. The van der Waals surface area contributed by atoms with Crippen LogP contribution in [0.15, 0.2) is 36.5 Å². The first-order valence-electron chi connectivity index (χ1n) is 11.8. The molecule has 1 amide bonds. The molecule has 3 heterocycles. The molecule has 3 aromatic rings. The Bertz CT molecular complexity index is 1350. The van der Waals surface area contributed by atoms with Gasteiger partial charge in [0.25, 0.3) is 5.91 Å². The maximum atomic E-state index is 13.3. The lowest BCUT2D eigenvalue weighted by atomic mass is 10.0. The van der Waals surface area contributed by atoms with Crippen molar-refractivity contribution < 1.29 is 33.0 Å². The summed E-state index contributed by atoms with van der Waals surface area (Å²) in [6, 6.07) is 5.58. The zero-order valence-electron chi connectivity index (χ0n) is 20.1. The molecule has 1 unspecified atom stereocenters. The summed E-state index contributed by atoms with van der Waals surface area (Å²) in [4.78, 5) is 29.1. The molecule has 0 radical (unpaired) electrons. The Balaban J connectivity index is 1.52. The minimum absolute atomic E-state index is 0.0204. The van der Waals surface area contributed by atoms with Gasteiger partial charge in [-0.3, -0.25) is 14.3 Å². The van der Waals surface area contributed by atoms with Gasteiger partial charge in [0.2, 0.25) is 0 Å². The van der Waals surface area contributed by atoms with Crippen LogP contribution in [-0.2, 0) is 37.0 Å². The van der Waals surface area contributed by atoms with E-state index in [1.807, 2.05) is 12.1 Å². The number of aromatic nitrogens is 3. The molecule has 1 aliphatic rings. The Morgan fingerprint density at radius 1 is 1.24 bits per heavy atom. The van der Waals surface area contributed by atoms with Crippen molar-refractivity contribution in [1.29, 1.82) is 0 Å². The molecule has 1 aliphatic heterocycles. The highest BCUT2D eigenvalue weighted by molar-refractivity contribution is 6.31. The molecule has 0 saturated heterocycles. The van der Waals surface area contributed by atoms with Crippen LogP contribution in [0.3, 0.4) is 0 Å². The highest BCUT2D eigenvalue weighted by atomic mass is 35.5. The number of nitrogens with one attached hydrogen (secondary N) is 2. The number of hydrogen-bond acceptors (Lipinski definition) is 6. The predicted molar refractivity (Wildman–Crippen MR) is 132 cm³/mol. The van der Waals surface area contributed by atoms with Crippen LogP contribution in [0.4, 0.5) is 19.0 Å². The smallest absolute Gasteiger partial charge is 0.417 e. The topological polar surface area (TPSA) is 129 Å². The van der Waals surface area contributed by atoms with Crippen LogP contribution < -0.4 is 10.6 Å². The molecule has 13 heteroatoms. The van der Waals surface area contributed by atoms with E-state index in [9.17, 15) is 33.0 Å². The second kappa shape index (κ2) is 11.4. The van der Waals surface area contributed by atoms with Crippen molar-refractivity contribution in [3.8, 4) is 0 Å². The Kier molecular flexibility index (Phi) is 8.22. The van der Waals surface area contributed by atoms with Crippen LogP contribution in [-0.4, -0.2) is 43.4 Å².